The molecule has 1 aliphatic rings. The number of carbonyl (C=O) groups excluding carboxylic acids is 1. The molecule has 0 saturated heterocycles. The van der Waals surface area contributed by atoms with Gasteiger partial charge >= 0.3 is 5.97 Å². The number of carbonyl (C=O) groups is 2. The van der Waals surface area contributed by atoms with Crippen molar-refractivity contribution >= 4 is 11.9 Å². The molecule has 2 atom stereocenters. The Balaban J connectivity index is 1.80. The van der Waals surface area contributed by atoms with Gasteiger partial charge < -0.3 is 10.4 Å². The summed E-state index contributed by atoms with van der Waals surface area (Å²) in [5.41, 5.74) is 0.864. The smallest absolute Gasteiger partial charge is 0.306 e. The third-order valence-electron chi connectivity index (χ3n) is 3.23. The Bertz CT molecular complexity index is 433. The van der Waals surface area contributed by atoms with E-state index in [2.05, 4.69) is 10.3 Å². The summed E-state index contributed by atoms with van der Waals surface area (Å²) in [5.74, 6) is -1.15. The van der Waals surface area contributed by atoms with Crippen LogP contribution in [-0.4, -0.2) is 28.0 Å². The summed E-state index contributed by atoms with van der Waals surface area (Å²) < 4.78 is 0. The first kappa shape index (κ1) is 12.5. The zero-order chi connectivity index (χ0) is 13.0. The molecule has 1 amide bonds. The molecule has 18 heavy (non-hydrogen) atoms. The summed E-state index contributed by atoms with van der Waals surface area (Å²) in [7, 11) is 0. The number of hydrogen-bond donors (Lipinski definition) is 2. The standard InChI is InChI=1S/C13H16N2O3/c16-12(6-9-2-1-5-14-8-9)15-11-4-3-10(7-11)13(17)18/h1-2,5,8,10-11H,3-4,6-7H2,(H,15,16)(H,17,18)/t10-,11+/m1/s1. The van der Waals surface area contributed by atoms with Crippen LogP contribution in [0.3, 0.4) is 0 Å². The van der Waals surface area contributed by atoms with Gasteiger partial charge in [-0.3, -0.25) is 14.6 Å². The zero-order valence-corrected chi connectivity index (χ0v) is 10.0. The number of carboxylic acids is 1. The van der Waals surface area contributed by atoms with Crippen molar-refractivity contribution in [2.75, 3.05) is 0 Å². The molecule has 96 valence electrons. The van der Waals surface area contributed by atoms with Gasteiger partial charge in [-0.2, -0.15) is 0 Å². The minimum atomic E-state index is -0.765. The maximum absolute atomic E-state index is 11.8. The highest BCUT2D eigenvalue weighted by atomic mass is 16.4. The molecule has 1 saturated carbocycles. The van der Waals surface area contributed by atoms with Crippen molar-refractivity contribution in [3.63, 3.8) is 0 Å². The number of aromatic nitrogens is 1. The first-order valence-electron chi connectivity index (χ1n) is 6.06. The van der Waals surface area contributed by atoms with Gasteiger partial charge in [-0.15, -0.1) is 0 Å². The van der Waals surface area contributed by atoms with Crippen LogP contribution in [0.15, 0.2) is 24.5 Å². The highest BCUT2D eigenvalue weighted by molar-refractivity contribution is 5.79. The van der Waals surface area contributed by atoms with Crippen LogP contribution in [0.1, 0.15) is 24.8 Å². The molecular weight excluding hydrogens is 232 g/mol. The number of aliphatic carboxylic acids is 1. The van der Waals surface area contributed by atoms with Crippen LogP contribution in [0.5, 0.6) is 0 Å². The van der Waals surface area contributed by atoms with Crippen LogP contribution in [0, 0.1) is 5.92 Å². The summed E-state index contributed by atoms with van der Waals surface area (Å²) in [5, 5.41) is 11.8. The van der Waals surface area contributed by atoms with Gasteiger partial charge in [-0.05, 0) is 30.9 Å². The van der Waals surface area contributed by atoms with Gasteiger partial charge in [0, 0.05) is 18.4 Å². The summed E-state index contributed by atoms with van der Waals surface area (Å²) in [6, 6.07) is 3.63. The van der Waals surface area contributed by atoms with E-state index in [1.54, 1.807) is 18.5 Å². The van der Waals surface area contributed by atoms with E-state index in [9.17, 15) is 9.59 Å². The van der Waals surface area contributed by atoms with Crippen LogP contribution in [0.25, 0.3) is 0 Å². The average molecular weight is 248 g/mol. The first-order chi connectivity index (χ1) is 8.65. The number of nitrogens with zero attached hydrogens (tertiary/aromatic N) is 1. The molecule has 0 unspecified atom stereocenters. The van der Waals surface area contributed by atoms with Crippen molar-refractivity contribution in [2.24, 2.45) is 5.92 Å². The summed E-state index contributed by atoms with van der Waals surface area (Å²) in [6.07, 6.45) is 5.54. The molecular formula is C13H16N2O3. The molecule has 5 heteroatoms. The van der Waals surface area contributed by atoms with Gasteiger partial charge in [0.1, 0.15) is 0 Å². The Labute approximate surface area is 105 Å². The average Bonchev–Trinajstić information content (AvgIpc) is 2.78. The van der Waals surface area contributed by atoms with Crippen molar-refractivity contribution in [1.82, 2.24) is 10.3 Å². The summed E-state index contributed by atoms with van der Waals surface area (Å²) in [4.78, 5) is 26.5. The van der Waals surface area contributed by atoms with Crippen LogP contribution >= 0.6 is 0 Å². The number of carboxylic acid groups (broad SMARTS) is 1. The van der Waals surface area contributed by atoms with Gasteiger partial charge in [-0.1, -0.05) is 6.07 Å². The van der Waals surface area contributed by atoms with Gasteiger partial charge in [0.05, 0.1) is 12.3 Å². The van der Waals surface area contributed by atoms with Crippen LogP contribution < -0.4 is 5.32 Å². The predicted octanol–water partition coefficient (Wildman–Crippen LogP) is 0.994. The second-order valence-electron chi connectivity index (χ2n) is 4.65. The molecule has 1 fully saturated rings. The minimum absolute atomic E-state index is 0.00438. The van der Waals surface area contributed by atoms with E-state index in [0.717, 1.165) is 12.0 Å². The third kappa shape index (κ3) is 3.29. The maximum Gasteiger partial charge on any atom is 0.306 e. The van der Waals surface area contributed by atoms with Gasteiger partial charge in [-0.25, -0.2) is 0 Å². The number of nitrogens with one attached hydrogen (secondary N) is 1. The monoisotopic (exact) mass is 248 g/mol. The lowest BCUT2D eigenvalue weighted by Gasteiger charge is -2.12. The van der Waals surface area contributed by atoms with Crippen LogP contribution in [0.4, 0.5) is 0 Å². The Hall–Kier alpha value is -1.91. The van der Waals surface area contributed by atoms with Crippen LogP contribution in [0.2, 0.25) is 0 Å². The minimum Gasteiger partial charge on any atom is -0.481 e. The van der Waals surface area contributed by atoms with Crippen LogP contribution in [-0.2, 0) is 16.0 Å². The van der Waals surface area contributed by atoms with Gasteiger partial charge in [0.2, 0.25) is 5.91 Å². The summed E-state index contributed by atoms with van der Waals surface area (Å²) in [6.45, 7) is 0. The predicted molar refractivity (Wildman–Crippen MR) is 64.8 cm³/mol. The van der Waals surface area contributed by atoms with E-state index in [0.29, 0.717) is 19.3 Å². The molecule has 1 heterocycles. The van der Waals surface area contributed by atoms with Gasteiger partial charge in [0.15, 0.2) is 0 Å². The maximum atomic E-state index is 11.8. The highest BCUT2D eigenvalue weighted by Gasteiger charge is 2.30. The molecule has 0 radical (unpaired) electrons. The Morgan fingerprint density at radius 1 is 1.44 bits per heavy atom. The molecule has 0 aliphatic heterocycles. The topological polar surface area (TPSA) is 79.3 Å². The van der Waals surface area contributed by atoms with Gasteiger partial charge in [0.25, 0.3) is 0 Å². The number of pyridine rings is 1. The van der Waals surface area contributed by atoms with Crippen molar-refractivity contribution in [2.45, 2.75) is 31.7 Å². The van der Waals surface area contributed by atoms with E-state index in [1.807, 2.05) is 6.07 Å². The molecule has 1 aromatic heterocycles. The fraction of sp³-hybridized carbons (Fsp3) is 0.462. The fourth-order valence-electron chi connectivity index (χ4n) is 2.30. The fourth-order valence-corrected chi connectivity index (χ4v) is 2.30. The Kier molecular flexibility index (Phi) is 3.92. The van der Waals surface area contributed by atoms with E-state index in [4.69, 9.17) is 5.11 Å². The molecule has 1 aliphatic carbocycles. The lowest BCUT2D eigenvalue weighted by Crippen LogP contribution is -2.34. The number of amides is 1. The Morgan fingerprint density at radius 2 is 2.28 bits per heavy atom. The van der Waals surface area contributed by atoms with E-state index in [1.165, 1.54) is 0 Å². The van der Waals surface area contributed by atoms with E-state index in [-0.39, 0.29) is 17.9 Å². The Morgan fingerprint density at radius 3 is 2.89 bits per heavy atom. The molecule has 1 aromatic rings. The first-order valence-corrected chi connectivity index (χ1v) is 6.06. The summed E-state index contributed by atoms with van der Waals surface area (Å²) >= 11 is 0. The van der Waals surface area contributed by atoms with Crippen molar-refractivity contribution in [1.29, 1.82) is 0 Å². The highest BCUT2D eigenvalue weighted by Crippen LogP contribution is 2.25. The second-order valence-corrected chi connectivity index (χ2v) is 4.65. The molecule has 5 nitrogen and oxygen atoms in total. The van der Waals surface area contributed by atoms with Crippen molar-refractivity contribution in [3.05, 3.63) is 30.1 Å². The molecule has 2 N–H and O–H groups in total. The number of hydrogen-bond acceptors (Lipinski definition) is 3. The lowest BCUT2D eigenvalue weighted by molar-refractivity contribution is -0.141. The van der Waals surface area contributed by atoms with E-state index >= 15 is 0 Å². The largest absolute Gasteiger partial charge is 0.481 e. The third-order valence-corrected chi connectivity index (χ3v) is 3.23. The molecule has 2 rings (SSSR count). The zero-order valence-electron chi connectivity index (χ0n) is 10.0. The molecule has 0 bridgehead atoms. The number of rotatable bonds is 4. The second kappa shape index (κ2) is 5.62. The quantitative estimate of drug-likeness (QED) is 0.833. The molecule has 0 aromatic carbocycles. The normalized spacial score (nSPS) is 22.7. The SMILES string of the molecule is O=C(Cc1cccnc1)N[C@H]1CC[C@@H](C(=O)O)C1. The van der Waals surface area contributed by atoms with Crippen molar-refractivity contribution < 1.29 is 14.7 Å². The molecule has 0 spiro atoms. The lowest BCUT2D eigenvalue weighted by atomic mass is 10.1. The van der Waals surface area contributed by atoms with Crippen molar-refractivity contribution in [3.8, 4) is 0 Å². The van der Waals surface area contributed by atoms with E-state index < -0.39 is 5.97 Å².